The molecule has 0 aliphatic rings. The molecule has 0 saturated heterocycles. The third-order valence-electron chi connectivity index (χ3n) is 2.97. The Balaban J connectivity index is 2.51. The molecule has 1 aromatic heterocycles. The Kier molecular flexibility index (Phi) is 4.40. The number of nitrogens with two attached hydrogens (primary N) is 1. The van der Waals surface area contributed by atoms with E-state index in [1.165, 1.54) is 12.1 Å². The van der Waals surface area contributed by atoms with Gasteiger partial charge in [0.1, 0.15) is 22.2 Å². The van der Waals surface area contributed by atoms with Crippen molar-refractivity contribution in [2.45, 2.75) is 25.3 Å². The van der Waals surface area contributed by atoms with Crippen molar-refractivity contribution < 1.29 is 17.2 Å². The molecule has 0 amide bonds. The number of sulfonamides is 1. The number of nitrogens with one attached hydrogen (secondary N) is 1. The van der Waals surface area contributed by atoms with E-state index >= 15 is 0 Å². The van der Waals surface area contributed by atoms with E-state index < -0.39 is 15.8 Å². The molecule has 2 aromatic rings. The highest BCUT2D eigenvalue weighted by Gasteiger charge is 2.26. The van der Waals surface area contributed by atoms with Crippen molar-refractivity contribution in [3.63, 3.8) is 0 Å². The van der Waals surface area contributed by atoms with Crippen LogP contribution in [0.2, 0.25) is 0 Å². The van der Waals surface area contributed by atoms with Gasteiger partial charge in [-0.2, -0.15) is 0 Å². The van der Waals surface area contributed by atoms with Crippen LogP contribution in [0, 0.1) is 19.7 Å². The third-order valence-corrected chi connectivity index (χ3v) is 5.22. The van der Waals surface area contributed by atoms with Gasteiger partial charge < -0.3 is 10.2 Å². The van der Waals surface area contributed by atoms with E-state index in [9.17, 15) is 12.8 Å². The third kappa shape index (κ3) is 3.12. The molecule has 3 N–H and O–H groups in total. The van der Waals surface area contributed by atoms with Crippen molar-refractivity contribution in [3.8, 4) is 0 Å². The predicted octanol–water partition coefficient (Wildman–Crippen LogP) is 3.06. The molecule has 0 unspecified atom stereocenters. The minimum atomic E-state index is -3.93. The van der Waals surface area contributed by atoms with Gasteiger partial charge in [0.25, 0.3) is 10.0 Å². The monoisotopic (exact) mass is 376 g/mol. The molecule has 0 atom stereocenters. The molecule has 114 valence electrons. The number of anilines is 1. The standard InChI is InChI=1S/C13H14BrFN2O3S/c1-7-10(6-16)13(8(2)20-7)21(18,19)17-12-5-9(15)3-4-11(12)14/h3-5,17H,6,16H2,1-2H3. The Morgan fingerprint density at radius 2 is 2.00 bits per heavy atom. The zero-order chi connectivity index (χ0) is 15.8. The maximum atomic E-state index is 13.3. The fourth-order valence-electron chi connectivity index (χ4n) is 2.07. The summed E-state index contributed by atoms with van der Waals surface area (Å²) in [6, 6.07) is 3.73. The van der Waals surface area contributed by atoms with E-state index in [2.05, 4.69) is 20.7 Å². The maximum absolute atomic E-state index is 13.3. The summed E-state index contributed by atoms with van der Waals surface area (Å²) in [5.74, 6) is 0.150. The lowest BCUT2D eigenvalue weighted by molar-refractivity contribution is 0.494. The van der Waals surface area contributed by atoms with Crippen LogP contribution < -0.4 is 10.5 Å². The largest absolute Gasteiger partial charge is 0.465 e. The van der Waals surface area contributed by atoms with Gasteiger partial charge in [-0.3, -0.25) is 4.72 Å². The first kappa shape index (κ1) is 16.0. The zero-order valence-electron chi connectivity index (χ0n) is 11.4. The van der Waals surface area contributed by atoms with Gasteiger partial charge in [0.2, 0.25) is 0 Å². The predicted molar refractivity (Wildman–Crippen MR) is 81.0 cm³/mol. The highest BCUT2D eigenvalue weighted by atomic mass is 79.9. The van der Waals surface area contributed by atoms with Gasteiger partial charge in [-0.25, -0.2) is 12.8 Å². The van der Waals surface area contributed by atoms with Crippen LogP contribution in [0.15, 0.2) is 32.0 Å². The number of hydrogen-bond donors (Lipinski definition) is 2. The zero-order valence-corrected chi connectivity index (χ0v) is 13.8. The van der Waals surface area contributed by atoms with Crippen LogP contribution >= 0.6 is 15.9 Å². The van der Waals surface area contributed by atoms with Crippen molar-refractivity contribution in [1.29, 1.82) is 0 Å². The number of furan rings is 1. The summed E-state index contributed by atoms with van der Waals surface area (Å²) in [4.78, 5) is -0.00124. The highest BCUT2D eigenvalue weighted by molar-refractivity contribution is 9.10. The quantitative estimate of drug-likeness (QED) is 0.858. The van der Waals surface area contributed by atoms with Crippen LogP contribution in [0.4, 0.5) is 10.1 Å². The second-order valence-corrected chi connectivity index (χ2v) is 6.93. The van der Waals surface area contributed by atoms with Crippen molar-refractivity contribution >= 4 is 31.6 Å². The van der Waals surface area contributed by atoms with Gasteiger partial charge in [0, 0.05) is 16.6 Å². The normalized spacial score (nSPS) is 11.7. The van der Waals surface area contributed by atoms with Crippen molar-refractivity contribution in [3.05, 3.63) is 45.6 Å². The Morgan fingerprint density at radius 1 is 1.33 bits per heavy atom. The first-order valence-electron chi connectivity index (χ1n) is 6.03. The van der Waals surface area contributed by atoms with Crippen molar-refractivity contribution in [2.75, 3.05) is 4.72 Å². The van der Waals surface area contributed by atoms with Gasteiger partial charge in [-0.15, -0.1) is 0 Å². The molecule has 2 rings (SSSR count). The number of halogens is 2. The van der Waals surface area contributed by atoms with Crippen LogP contribution in [-0.4, -0.2) is 8.42 Å². The summed E-state index contributed by atoms with van der Waals surface area (Å²) in [6.07, 6.45) is 0. The molecule has 0 aliphatic carbocycles. The van der Waals surface area contributed by atoms with Crippen LogP contribution in [0.25, 0.3) is 0 Å². The second-order valence-electron chi connectivity index (χ2n) is 4.46. The molecule has 0 saturated carbocycles. The van der Waals surface area contributed by atoms with E-state index in [4.69, 9.17) is 10.2 Å². The lowest BCUT2D eigenvalue weighted by Gasteiger charge is -2.10. The number of aryl methyl sites for hydroxylation is 2. The van der Waals surface area contributed by atoms with Crippen LogP contribution in [-0.2, 0) is 16.6 Å². The van der Waals surface area contributed by atoms with Crippen molar-refractivity contribution in [2.24, 2.45) is 5.73 Å². The van der Waals surface area contributed by atoms with Crippen LogP contribution in [0.5, 0.6) is 0 Å². The van der Waals surface area contributed by atoms with Gasteiger partial charge >= 0.3 is 0 Å². The van der Waals surface area contributed by atoms with E-state index in [-0.39, 0.29) is 22.9 Å². The molecule has 0 fully saturated rings. The number of benzene rings is 1. The SMILES string of the molecule is Cc1oc(C)c(S(=O)(=O)Nc2cc(F)ccc2Br)c1CN. The molecule has 8 heteroatoms. The Morgan fingerprint density at radius 3 is 2.62 bits per heavy atom. The average molecular weight is 377 g/mol. The molecular formula is C13H14BrFN2O3S. The molecule has 1 aromatic carbocycles. The van der Waals surface area contributed by atoms with Crippen LogP contribution in [0.3, 0.4) is 0 Å². The van der Waals surface area contributed by atoms with E-state index in [0.717, 1.165) is 6.07 Å². The maximum Gasteiger partial charge on any atom is 0.265 e. The first-order chi connectivity index (χ1) is 9.76. The second kappa shape index (κ2) is 5.78. The van der Waals surface area contributed by atoms with E-state index in [1.807, 2.05) is 0 Å². The van der Waals surface area contributed by atoms with Gasteiger partial charge in [0.05, 0.1) is 5.69 Å². The van der Waals surface area contributed by atoms with E-state index in [1.54, 1.807) is 13.8 Å². The lowest BCUT2D eigenvalue weighted by atomic mass is 10.2. The Hall–Kier alpha value is -1.38. The Labute approximate surface area is 130 Å². The molecule has 0 bridgehead atoms. The molecule has 0 aliphatic heterocycles. The summed E-state index contributed by atoms with van der Waals surface area (Å²) < 4.78 is 46.4. The summed E-state index contributed by atoms with van der Waals surface area (Å²) in [6.45, 7) is 3.22. The van der Waals surface area contributed by atoms with Crippen molar-refractivity contribution in [1.82, 2.24) is 0 Å². The molecule has 1 heterocycles. The number of rotatable bonds is 4. The highest BCUT2D eigenvalue weighted by Crippen LogP contribution is 2.30. The van der Waals surface area contributed by atoms with Gasteiger partial charge in [-0.1, -0.05) is 0 Å². The summed E-state index contributed by atoms with van der Waals surface area (Å²) in [5, 5.41) is 0. The lowest BCUT2D eigenvalue weighted by Crippen LogP contribution is -2.16. The smallest absolute Gasteiger partial charge is 0.265 e. The topological polar surface area (TPSA) is 85.3 Å². The van der Waals surface area contributed by atoms with Gasteiger partial charge in [0.15, 0.2) is 0 Å². The van der Waals surface area contributed by atoms with Gasteiger partial charge in [-0.05, 0) is 48.0 Å². The molecular weight excluding hydrogens is 363 g/mol. The summed E-state index contributed by atoms with van der Waals surface area (Å²) in [7, 11) is -3.93. The summed E-state index contributed by atoms with van der Waals surface area (Å²) >= 11 is 3.17. The molecule has 5 nitrogen and oxygen atoms in total. The molecule has 0 spiro atoms. The first-order valence-corrected chi connectivity index (χ1v) is 8.30. The fraction of sp³-hybridized carbons (Fsp3) is 0.231. The van der Waals surface area contributed by atoms with E-state index in [0.29, 0.717) is 15.8 Å². The average Bonchev–Trinajstić information content (AvgIpc) is 2.68. The minimum absolute atomic E-state index is 0.00124. The fourth-order valence-corrected chi connectivity index (χ4v) is 4.08. The Bertz CT molecular complexity index is 787. The van der Waals surface area contributed by atoms with Crippen LogP contribution in [0.1, 0.15) is 17.1 Å². The minimum Gasteiger partial charge on any atom is -0.465 e. The molecule has 21 heavy (non-hydrogen) atoms. The summed E-state index contributed by atoms with van der Waals surface area (Å²) in [5.41, 5.74) is 6.10. The number of hydrogen-bond acceptors (Lipinski definition) is 4. The molecule has 0 radical (unpaired) electrons.